The molecule has 0 N–H and O–H groups in total. The average Bonchev–Trinajstić information content (AvgIpc) is 2.18. The van der Waals surface area contributed by atoms with Gasteiger partial charge in [0.25, 0.3) is 0 Å². The molecule has 0 radical (unpaired) electrons. The molecular formula is C13H16I+. The molecule has 0 unspecified atom stereocenters. The first kappa shape index (κ1) is 11.6. The van der Waals surface area contributed by atoms with Gasteiger partial charge in [0.15, 0.2) is 3.93 Å². The Morgan fingerprint density at radius 1 is 1.21 bits per heavy atom. The van der Waals surface area contributed by atoms with Gasteiger partial charge >= 0.3 is 21.2 Å². The zero-order valence-corrected chi connectivity index (χ0v) is 10.9. The Bertz CT molecular complexity index is 303. The van der Waals surface area contributed by atoms with Crippen molar-refractivity contribution >= 4 is 0 Å². The molecule has 1 rings (SSSR count). The zero-order chi connectivity index (χ0) is 10.2. The predicted octanol–water partition coefficient (Wildman–Crippen LogP) is 0.342. The largest absolute Gasteiger partial charge is 0.419 e. The minimum Gasteiger partial charge on any atom is -0.0627 e. The van der Waals surface area contributed by atoms with Gasteiger partial charge in [-0.15, -0.1) is 0 Å². The monoisotopic (exact) mass is 299 g/mol. The Morgan fingerprint density at radius 2 is 1.93 bits per heavy atom. The second-order valence-electron chi connectivity index (χ2n) is 3.59. The van der Waals surface area contributed by atoms with Gasteiger partial charge in [0.1, 0.15) is 0 Å². The normalized spacial score (nSPS) is 9.64. The molecule has 0 heterocycles. The van der Waals surface area contributed by atoms with Gasteiger partial charge in [-0.3, -0.25) is 0 Å². The number of hydrogen-bond donors (Lipinski definition) is 0. The maximum absolute atomic E-state index is 3.32. The SMILES string of the molecule is CC(C)CCC#C[I+]c1ccccc1. The van der Waals surface area contributed by atoms with Crippen LogP contribution >= 0.6 is 0 Å². The topological polar surface area (TPSA) is 0 Å². The van der Waals surface area contributed by atoms with Crippen molar-refractivity contribution in [2.75, 3.05) is 0 Å². The molecule has 0 bridgehead atoms. The summed E-state index contributed by atoms with van der Waals surface area (Å²) in [6.45, 7) is 4.49. The summed E-state index contributed by atoms with van der Waals surface area (Å²) in [5.41, 5.74) is 0. The summed E-state index contributed by atoms with van der Waals surface area (Å²) in [5.74, 6) is 4.04. The molecule has 0 spiro atoms. The maximum atomic E-state index is 3.32. The lowest BCUT2D eigenvalue weighted by Crippen LogP contribution is -3.59. The first-order valence-corrected chi connectivity index (χ1v) is 7.11. The lowest BCUT2D eigenvalue weighted by atomic mass is 10.1. The summed E-state index contributed by atoms with van der Waals surface area (Å²) in [4.78, 5) is 0. The standard InChI is InChI=1S/C13H16I/c1-12(2)8-6-7-11-14-13-9-4-3-5-10-13/h3-5,9-10,12H,6,8H2,1-2H3/q+1. The van der Waals surface area contributed by atoms with E-state index in [1.54, 1.807) is 0 Å². The third kappa shape index (κ3) is 5.29. The molecule has 74 valence electrons. The number of hydrogen-bond acceptors (Lipinski definition) is 0. The lowest BCUT2D eigenvalue weighted by Gasteiger charge is -1.95. The zero-order valence-electron chi connectivity index (χ0n) is 8.76. The van der Waals surface area contributed by atoms with Crippen molar-refractivity contribution < 1.29 is 21.2 Å². The van der Waals surface area contributed by atoms with Gasteiger partial charge < -0.3 is 0 Å². The second kappa shape index (κ2) is 6.89. The molecule has 1 aromatic carbocycles. The first-order valence-electron chi connectivity index (χ1n) is 4.96. The van der Waals surface area contributed by atoms with Gasteiger partial charge in [-0.05, 0) is 30.4 Å². The third-order valence-corrected chi connectivity index (χ3v) is 3.80. The molecule has 0 aliphatic heterocycles. The number of rotatable bonds is 3. The fourth-order valence-corrected chi connectivity index (χ4v) is 2.52. The van der Waals surface area contributed by atoms with Crippen molar-refractivity contribution in [3.63, 3.8) is 0 Å². The van der Waals surface area contributed by atoms with Crippen LogP contribution in [0.2, 0.25) is 0 Å². The van der Waals surface area contributed by atoms with Crippen LogP contribution in [0.4, 0.5) is 0 Å². The van der Waals surface area contributed by atoms with Crippen molar-refractivity contribution in [2.24, 2.45) is 5.92 Å². The van der Waals surface area contributed by atoms with E-state index in [2.05, 4.69) is 54.0 Å². The van der Waals surface area contributed by atoms with Crippen LogP contribution in [0.3, 0.4) is 0 Å². The van der Waals surface area contributed by atoms with Gasteiger partial charge in [0.2, 0.25) is 3.57 Å². The van der Waals surface area contributed by atoms with E-state index in [-0.39, 0.29) is 21.2 Å². The molecule has 0 fully saturated rings. The first-order chi connectivity index (χ1) is 6.79. The van der Waals surface area contributed by atoms with Crippen LogP contribution in [0.15, 0.2) is 30.3 Å². The van der Waals surface area contributed by atoms with Gasteiger partial charge in [0.05, 0.1) is 0 Å². The molecule has 0 aromatic heterocycles. The minimum absolute atomic E-state index is 0.0667. The summed E-state index contributed by atoms with van der Waals surface area (Å²) in [5, 5.41) is 0. The molecular weight excluding hydrogens is 283 g/mol. The minimum atomic E-state index is -0.0667. The van der Waals surface area contributed by atoms with Gasteiger partial charge in [-0.1, -0.05) is 32.0 Å². The van der Waals surface area contributed by atoms with Crippen molar-refractivity contribution in [3.8, 4) is 9.85 Å². The summed E-state index contributed by atoms with van der Waals surface area (Å²) in [7, 11) is 0. The van der Waals surface area contributed by atoms with Crippen LogP contribution in [-0.2, 0) is 0 Å². The quantitative estimate of drug-likeness (QED) is 0.558. The lowest BCUT2D eigenvalue weighted by molar-refractivity contribution is -0.535. The van der Waals surface area contributed by atoms with E-state index < -0.39 is 0 Å². The Balaban J connectivity index is 2.26. The Hall–Kier alpha value is -0.490. The van der Waals surface area contributed by atoms with Crippen LogP contribution in [0.5, 0.6) is 0 Å². The van der Waals surface area contributed by atoms with E-state index >= 15 is 0 Å². The summed E-state index contributed by atoms with van der Waals surface area (Å²) in [6, 6.07) is 10.6. The van der Waals surface area contributed by atoms with Crippen LogP contribution in [0.25, 0.3) is 0 Å². The van der Waals surface area contributed by atoms with Crippen LogP contribution in [0.1, 0.15) is 26.7 Å². The Morgan fingerprint density at radius 3 is 2.57 bits per heavy atom. The molecule has 1 heteroatoms. The van der Waals surface area contributed by atoms with E-state index in [1.165, 1.54) is 9.99 Å². The molecule has 0 saturated heterocycles. The van der Waals surface area contributed by atoms with Crippen molar-refractivity contribution in [1.29, 1.82) is 0 Å². The Labute approximate surface area is 97.4 Å². The van der Waals surface area contributed by atoms with E-state index in [9.17, 15) is 0 Å². The molecule has 0 amide bonds. The smallest absolute Gasteiger partial charge is 0.0627 e. The summed E-state index contributed by atoms with van der Waals surface area (Å²) in [6.07, 6.45) is 2.29. The maximum Gasteiger partial charge on any atom is 0.419 e. The van der Waals surface area contributed by atoms with Crippen LogP contribution < -0.4 is 21.2 Å². The van der Waals surface area contributed by atoms with E-state index in [4.69, 9.17) is 0 Å². The van der Waals surface area contributed by atoms with Crippen LogP contribution in [-0.4, -0.2) is 0 Å². The highest BCUT2D eigenvalue weighted by Crippen LogP contribution is 2.00. The predicted molar refractivity (Wildman–Crippen MR) is 57.0 cm³/mol. The highest BCUT2D eigenvalue weighted by atomic mass is 127. The molecule has 0 aliphatic rings. The summed E-state index contributed by atoms with van der Waals surface area (Å²) < 4.78 is 4.74. The van der Waals surface area contributed by atoms with E-state index in [0.29, 0.717) is 0 Å². The fourth-order valence-electron chi connectivity index (χ4n) is 0.974. The molecule has 14 heavy (non-hydrogen) atoms. The molecule has 0 aliphatic carbocycles. The number of benzene rings is 1. The number of halogens is 1. The van der Waals surface area contributed by atoms with E-state index in [1.807, 2.05) is 0 Å². The van der Waals surface area contributed by atoms with Gasteiger partial charge in [0, 0.05) is 6.42 Å². The third-order valence-electron chi connectivity index (χ3n) is 1.80. The van der Waals surface area contributed by atoms with Crippen molar-refractivity contribution in [3.05, 3.63) is 33.9 Å². The highest BCUT2D eigenvalue weighted by Gasteiger charge is 2.05. The molecule has 0 atom stereocenters. The van der Waals surface area contributed by atoms with E-state index in [0.717, 1.165) is 12.3 Å². The Kier molecular flexibility index (Phi) is 5.70. The van der Waals surface area contributed by atoms with Gasteiger partial charge in [-0.25, -0.2) is 0 Å². The fraction of sp³-hybridized carbons (Fsp3) is 0.385. The molecule has 0 nitrogen and oxygen atoms in total. The average molecular weight is 299 g/mol. The highest BCUT2D eigenvalue weighted by molar-refractivity contribution is 5.00. The van der Waals surface area contributed by atoms with Crippen molar-refractivity contribution in [2.45, 2.75) is 26.7 Å². The molecule has 0 saturated carbocycles. The molecule has 1 aromatic rings. The van der Waals surface area contributed by atoms with Gasteiger partial charge in [-0.2, -0.15) is 0 Å². The second-order valence-corrected chi connectivity index (χ2v) is 5.92. The van der Waals surface area contributed by atoms with Crippen LogP contribution in [0, 0.1) is 19.3 Å². The van der Waals surface area contributed by atoms with Crippen molar-refractivity contribution in [1.82, 2.24) is 0 Å². The summed E-state index contributed by atoms with van der Waals surface area (Å²) >= 11 is -0.0667.